The zero-order chi connectivity index (χ0) is 24.4. The number of rotatable bonds is 5. The summed E-state index contributed by atoms with van der Waals surface area (Å²) in [5.41, 5.74) is 1.68. The Bertz CT molecular complexity index is 1240. The first-order chi connectivity index (χ1) is 16.8. The van der Waals surface area contributed by atoms with E-state index in [0.29, 0.717) is 34.3 Å². The largest absolute Gasteiger partial charge is 0.459 e. The van der Waals surface area contributed by atoms with E-state index in [-0.39, 0.29) is 47.5 Å². The Morgan fingerprint density at radius 1 is 0.914 bits per heavy atom. The number of hydrogen-bond acceptors (Lipinski definition) is 5. The van der Waals surface area contributed by atoms with Gasteiger partial charge >= 0.3 is 5.97 Å². The minimum Gasteiger partial charge on any atom is -0.459 e. The van der Waals surface area contributed by atoms with Crippen LogP contribution in [0.25, 0.3) is 0 Å². The lowest BCUT2D eigenvalue weighted by Crippen LogP contribution is -2.40. The number of nitrogens with one attached hydrogen (secondary N) is 1. The molecule has 1 saturated heterocycles. The van der Waals surface area contributed by atoms with Crippen molar-refractivity contribution in [3.05, 3.63) is 71.8 Å². The average molecular weight is 471 g/mol. The molecule has 2 bridgehead atoms. The van der Waals surface area contributed by atoms with Gasteiger partial charge in [-0.1, -0.05) is 18.2 Å². The van der Waals surface area contributed by atoms with Gasteiger partial charge in [-0.15, -0.1) is 0 Å². The molecular weight excluding hydrogens is 444 g/mol. The van der Waals surface area contributed by atoms with E-state index in [1.165, 1.54) is 4.90 Å². The van der Waals surface area contributed by atoms with Gasteiger partial charge in [0.05, 0.1) is 29.2 Å². The van der Waals surface area contributed by atoms with Crippen molar-refractivity contribution in [2.24, 2.45) is 35.5 Å². The molecule has 7 nitrogen and oxygen atoms in total. The lowest BCUT2D eigenvalue weighted by atomic mass is 9.63. The summed E-state index contributed by atoms with van der Waals surface area (Å²) < 4.78 is 5.18. The third kappa shape index (κ3) is 3.49. The van der Waals surface area contributed by atoms with Crippen LogP contribution >= 0.6 is 0 Å². The molecule has 3 amide bonds. The van der Waals surface area contributed by atoms with Gasteiger partial charge in [-0.05, 0) is 86.4 Å². The van der Waals surface area contributed by atoms with Gasteiger partial charge in [0.1, 0.15) is 0 Å². The van der Waals surface area contributed by atoms with E-state index in [2.05, 4.69) is 17.5 Å². The monoisotopic (exact) mass is 470 g/mol. The van der Waals surface area contributed by atoms with Crippen molar-refractivity contribution in [3.8, 4) is 0 Å². The van der Waals surface area contributed by atoms with Crippen molar-refractivity contribution in [1.29, 1.82) is 0 Å². The molecule has 35 heavy (non-hydrogen) atoms. The standard InChI is InChI=1S/C28H26N2O5/c1-14(2)35-28(34)15-6-8-17(9-7-15)29-25(31)16-4-3-5-18(12-16)30-26(32)23-19-10-11-20(22-13-21(19)22)24(23)27(30)33/h3-12,14,19-24H,13H2,1-2H3,(H,29,31)/t19-,20+,21-,22-,23+,24+/m1/s1. The molecule has 0 aromatic heterocycles. The molecule has 178 valence electrons. The minimum atomic E-state index is -0.424. The number of allylic oxidation sites excluding steroid dienone is 2. The lowest BCUT2D eigenvalue weighted by molar-refractivity contribution is -0.124. The van der Waals surface area contributed by atoms with Crippen LogP contribution in [0.1, 0.15) is 41.0 Å². The molecule has 6 atom stereocenters. The van der Waals surface area contributed by atoms with Crippen LogP contribution in [0, 0.1) is 35.5 Å². The van der Waals surface area contributed by atoms with E-state index in [1.54, 1.807) is 62.4 Å². The van der Waals surface area contributed by atoms with E-state index < -0.39 is 5.97 Å². The van der Waals surface area contributed by atoms with Gasteiger partial charge in [0.25, 0.3) is 5.91 Å². The lowest BCUT2D eigenvalue weighted by Gasteiger charge is -2.37. The van der Waals surface area contributed by atoms with Crippen LogP contribution in [0.5, 0.6) is 0 Å². The highest BCUT2D eigenvalue weighted by molar-refractivity contribution is 6.23. The fraction of sp³-hybridized carbons (Fsp3) is 0.357. The quantitative estimate of drug-likeness (QED) is 0.404. The SMILES string of the molecule is CC(C)OC(=O)c1ccc(NC(=O)c2cccc(N3C(=O)[C@H]4[C@@H]5C=C[C@@H]([C@H]6C[C@H]56)[C@@H]4C3=O)c2)cc1. The summed E-state index contributed by atoms with van der Waals surface area (Å²) in [5, 5.41) is 2.80. The van der Waals surface area contributed by atoms with Gasteiger partial charge < -0.3 is 10.1 Å². The van der Waals surface area contributed by atoms with Crippen LogP contribution in [0.15, 0.2) is 60.7 Å². The van der Waals surface area contributed by atoms with Crippen LogP contribution in [0.2, 0.25) is 0 Å². The van der Waals surface area contributed by atoms with Crippen LogP contribution < -0.4 is 10.2 Å². The molecule has 2 saturated carbocycles. The van der Waals surface area contributed by atoms with Gasteiger partial charge in [-0.2, -0.15) is 0 Å². The maximum Gasteiger partial charge on any atom is 0.338 e. The third-order valence-electron chi connectivity index (χ3n) is 7.75. The highest BCUT2D eigenvalue weighted by Crippen LogP contribution is 2.65. The Morgan fingerprint density at radius 2 is 1.54 bits per heavy atom. The molecule has 1 heterocycles. The number of esters is 1. The van der Waals surface area contributed by atoms with Crippen molar-refractivity contribution in [1.82, 2.24) is 0 Å². The van der Waals surface area contributed by atoms with Crippen molar-refractivity contribution in [2.45, 2.75) is 26.4 Å². The van der Waals surface area contributed by atoms with Crippen LogP contribution in [-0.4, -0.2) is 29.8 Å². The Hall–Kier alpha value is -3.74. The van der Waals surface area contributed by atoms with Gasteiger partial charge in [-0.3, -0.25) is 14.4 Å². The van der Waals surface area contributed by atoms with E-state index in [1.807, 2.05) is 0 Å². The van der Waals surface area contributed by atoms with E-state index in [9.17, 15) is 19.2 Å². The second kappa shape index (κ2) is 7.90. The zero-order valence-electron chi connectivity index (χ0n) is 19.5. The Kier molecular flexibility index (Phi) is 4.91. The molecule has 5 aliphatic rings. The maximum atomic E-state index is 13.4. The Labute approximate surface area is 203 Å². The highest BCUT2D eigenvalue weighted by Gasteiger charge is 2.67. The zero-order valence-corrected chi connectivity index (χ0v) is 19.5. The van der Waals surface area contributed by atoms with E-state index in [4.69, 9.17) is 4.74 Å². The fourth-order valence-electron chi connectivity index (χ4n) is 6.17. The number of benzene rings is 2. The number of imide groups is 1. The first-order valence-electron chi connectivity index (χ1n) is 12.1. The number of carbonyl (C=O) groups is 4. The Balaban J connectivity index is 1.19. The van der Waals surface area contributed by atoms with Gasteiger partial charge in [0.15, 0.2) is 0 Å². The summed E-state index contributed by atoms with van der Waals surface area (Å²) in [6.45, 7) is 3.56. The summed E-state index contributed by atoms with van der Waals surface area (Å²) in [6.07, 6.45) is 5.19. The summed E-state index contributed by atoms with van der Waals surface area (Å²) in [4.78, 5) is 53.0. The van der Waals surface area contributed by atoms with Crippen LogP contribution in [0.3, 0.4) is 0 Å². The highest BCUT2D eigenvalue weighted by atomic mass is 16.5. The van der Waals surface area contributed by atoms with Gasteiger partial charge in [0, 0.05) is 11.3 Å². The molecule has 4 aliphatic carbocycles. The van der Waals surface area contributed by atoms with E-state index in [0.717, 1.165) is 6.42 Å². The number of anilines is 2. The normalized spacial score (nSPS) is 29.7. The molecular formula is C28H26N2O5. The number of carbonyl (C=O) groups excluding carboxylic acids is 4. The molecule has 2 aromatic rings. The number of nitrogens with zero attached hydrogens (tertiary/aromatic N) is 1. The summed E-state index contributed by atoms with van der Waals surface area (Å²) in [6, 6.07) is 13.1. The maximum absolute atomic E-state index is 13.4. The Morgan fingerprint density at radius 3 is 2.14 bits per heavy atom. The van der Waals surface area contributed by atoms with Crippen molar-refractivity contribution in [2.75, 3.05) is 10.2 Å². The second-order valence-corrected chi connectivity index (χ2v) is 10.2. The summed E-state index contributed by atoms with van der Waals surface area (Å²) in [5.74, 6) is -0.253. The predicted molar refractivity (Wildman–Crippen MR) is 129 cm³/mol. The molecule has 1 aliphatic heterocycles. The average Bonchev–Trinajstić information content (AvgIpc) is 3.62. The number of amides is 3. The second-order valence-electron chi connectivity index (χ2n) is 10.2. The molecule has 3 fully saturated rings. The van der Waals surface area contributed by atoms with Gasteiger partial charge in [-0.25, -0.2) is 9.69 Å². The predicted octanol–water partition coefficient (Wildman–Crippen LogP) is 4.06. The number of hydrogen-bond donors (Lipinski definition) is 1. The molecule has 7 rings (SSSR count). The third-order valence-corrected chi connectivity index (χ3v) is 7.75. The fourth-order valence-corrected chi connectivity index (χ4v) is 6.17. The molecule has 0 unspecified atom stereocenters. The van der Waals surface area contributed by atoms with Crippen molar-refractivity contribution >= 4 is 35.1 Å². The van der Waals surface area contributed by atoms with Crippen molar-refractivity contribution < 1.29 is 23.9 Å². The van der Waals surface area contributed by atoms with E-state index >= 15 is 0 Å². The summed E-state index contributed by atoms with van der Waals surface area (Å²) >= 11 is 0. The molecule has 1 N–H and O–H groups in total. The first-order valence-corrected chi connectivity index (χ1v) is 12.1. The first kappa shape index (κ1) is 21.8. The molecule has 0 radical (unpaired) electrons. The molecule has 2 aromatic carbocycles. The number of ether oxygens (including phenoxy) is 1. The molecule has 7 heteroatoms. The van der Waals surface area contributed by atoms with Gasteiger partial charge in [0.2, 0.25) is 11.8 Å². The minimum absolute atomic E-state index is 0.147. The smallest absolute Gasteiger partial charge is 0.338 e. The van der Waals surface area contributed by atoms with Crippen LogP contribution in [0.4, 0.5) is 11.4 Å². The topological polar surface area (TPSA) is 92.8 Å². The van der Waals surface area contributed by atoms with Crippen LogP contribution in [-0.2, 0) is 14.3 Å². The molecule has 0 spiro atoms. The van der Waals surface area contributed by atoms with Crippen molar-refractivity contribution in [3.63, 3.8) is 0 Å². The summed E-state index contributed by atoms with van der Waals surface area (Å²) in [7, 11) is 0.